The van der Waals surface area contributed by atoms with Crippen molar-refractivity contribution in [1.82, 2.24) is 10.6 Å². The highest BCUT2D eigenvalue weighted by Crippen LogP contribution is 2.24. The lowest BCUT2D eigenvalue weighted by molar-refractivity contribution is 0.234. The lowest BCUT2D eigenvalue weighted by Crippen LogP contribution is -2.23. The number of anilines is 1. The number of amidine groups is 1. The number of aromatic nitrogens is 1. The molecule has 1 heterocycles. The summed E-state index contributed by atoms with van der Waals surface area (Å²) in [6.45, 7) is 0. The fourth-order valence-electron chi connectivity index (χ4n) is 2.27. The summed E-state index contributed by atoms with van der Waals surface area (Å²) in [4.78, 5) is 8.31. The Morgan fingerprint density at radius 3 is 2.66 bits per heavy atom. The molecule has 5 N–H and O–H groups in total. The molecule has 0 aliphatic carbocycles. The first-order chi connectivity index (χ1) is 14.0. The van der Waals surface area contributed by atoms with Gasteiger partial charge in [-0.15, -0.1) is 0 Å². The number of hydrogen-bond donors (Lipinski definition) is 4. The van der Waals surface area contributed by atoms with Crippen LogP contribution in [0, 0.1) is 5.82 Å². The van der Waals surface area contributed by atoms with Crippen LogP contribution in [0.4, 0.5) is 21.5 Å². The fraction of sp³-hybridized carbons (Fsp3) is 0.0556. The van der Waals surface area contributed by atoms with Crippen molar-refractivity contribution in [2.24, 2.45) is 15.7 Å². The number of guanidine groups is 1. The van der Waals surface area contributed by atoms with Crippen LogP contribution in [0.15, 0.2) is 63.2 Å². The van der Waals surface area contributed by atoms with E-state index in [0.29, 0.717) is 11.4 Å². The van der Waals surface area contributed by atoms with E-state index in [2.05, 4.69) is 20.5 Å². The first-order valence-electron chi connectivity index (χ1n) is 8.14. The third-order valence-electron chi connectivity index (χ3n) is 3.63. The molecule has 0 bridgehead atoms. The summed E-state index contributed by atoms with van der Waals surface area (Å²) >= 11 is 5.75. The first-order valence-corrected chi connectivity index (χ1v) is 8.51. The quantitative estimate of drug-likeness (QED) is 0.283. The van der Waals surface area contributed by atoms with Crippen molar-refractivity contribution in [1.29, 1.82) is 0 Å². The Morgan fingerprint density at radius 1 is 1.24 bits per heavy atom. The maximum absolute atomic E-state index is 13.3. The van der Waals surface area contributed by atoms with Crippen LogP contribution >= 0.6 is 11.6 Å². The number of hydroxylamine groups is 1. The van der Waals surface area contributed by atoms with Gasteiger partial charge in [0.2, 0.25) is 0 Å². The zero-order chi connectivity index (χ0) is 20.8. The molecule has 0 atom stereocenters. The Labute approximate surface area is 169 Å². The molecule has 1 aromatic heterocycles. The third-order valence-corrected chi connectivity index (χ3v) is 3.92. The fourth-order valence-corrected chi connectivity index (χ4v) is 2.44. The van der Waals surface area contributed by atoms with E-state index in [1.54, 1.807) is 31.4 Å². The number of ether oxygens (including phenoxy) is 1. The number of nitrogens with two attached hydrogens (primary N) is 1. The third kappa shape index (κ3) is 5.00. The van der Waals surface area contributed by atoms with E-state index in [9.17, 15) is 9.60 Å². The SMILES string of the molecule is COc1ccc(NC(N)=Nc2conc2C(=Nc2ccc(F)c(Cl)c2)NO)cc1. The zero-order valence-electron chi connectivity index (χ0n) is 15.1. The van der Waals surface area contributed by atoms with E-state index < -0.39 is 5.82 Å². The molecule has 29 heavy (non-hydrogen) atoms. The number of hydrogen-bond acceptors (Lipinski definition) is 6. The molecule has 11 heteroatoms. The van der Waals surface area contributed by atoms with E-state index in [4.69, 9.17) is 26.6 Å². The van der Waals surface area contributed by atoms with Crippen molar-refractivity contribution >= 4 is 40.5 Å². The molecule has 0 fully saturated rings. The Bertz CT molecular complexity index is 1050. The van der Waals surface area contributed by atoms with Crippen LogP contribution in [-0.2, 0) is 0 Å². The molecule has 0 saturated carbocycles. The van der Waals surface area contributed by atoms with E-state index in [0.717, 1.165) is 6.07 Å². The minimum atomic E-state index is -0.590. The summed E-state index contributed by atoms with van der Waals surface area (Å²) in [7, 11) is 1.57. The predicted molar refractivity (Wildman–Crippen MR) is 107 cm³/mol. The van der Waals surface area contributed by atoms with Crippen molar-refractivity contribution < 1.29 is 18.9 Å². The lowest BCUT2D eigenvalue weighted by atomic mass is 10.3. The molecule has 0 unspecified atom stereocenters. The van der Waals surface area contributed by atoms with Gasteiger partial charge in [0.25, 0.3) is 0 Å². The molecule has 0 aliphatic rings. The summed E-state index contributed by atoms with van der Waals surface area (Å²) in [6.07, 6.45) is 1.22. The van der Waals surface area contributed by atoms with Gasteiger partial charge in [0.05, 0.1) is 17.8 Å². The molecule has 2 aromatic carbocycles. The normalized spacial score (nSPS) is 12.0. The van der Waals surface area contributed by atoms with Gasteiger partial charge in [-0.3, -0.25) is 10.7 Å². The standard InChI is InChI=1S/C18H16ClFN6O3/c1-28-12-5-2-10(3-6-12)23-18(21)24-15-9-29-26-16(15)17(25-27)22-11-4-7-14(20)13(19)8-11/h2-9,27H,1H3,(H,22,25)(H3,21,23,24). The van der Waals surface area contributed by atoms with Gasteiger partial charge in [0.15, 0.2) is 17.5 Å². The topological polar surface area (TPSA) is 130 Å². The molecule has 0 amide bonds. The molecule has 0 radical (unpaired) electrons. The van der Waals surface area contributed by atoms with Gasteiger partial charge in [-0.2, -0.15) is 0 Å². The smallest absolute Gasteiger partial charge is 0.198 e. The molecule has 0 saturated heterocycles. The predicted octanol–water partition coefficient (Wildman–Crippen LogP) is 3.59. The zero-order valence-corrected chi connectivity index (χ0v) is 15.8. The highest BCUT2D eigenvalue weighted by molar-refractivity contribution is 6.31. The summed E-state index contributed by atoms with van der Waals surface area (Å²) in [5.74, 6) is 0.0514. The van der Waals surface area contributed by atoms with Crippen molar-refractivity contribution in [3.05, 3.63) is 65.3 Å². The number of nitrogens with zero attached hydrogens (tertiary/aromatic N) is 3. The minimum Gasteiger partial charge on any atom is -0.497 e. The second-order valence-electron chi connectivity index (χ2n) is 5.57. The summed E-state index contributed by atoms with van der Waals surface area (Å²) < 4.78 is 23.3. The molecule has 0 spiro atoms. The highest BCUT2D eigenvalue weighted by Gasteiger charge is 2.15. The Hall–Kier alpha value is -3.63. The van der Waals surface area contributed by atoms with Gasteiger partial charge in [-0.05, 0) is 42.5 Å². The Balaban J connectivity index is 1.84. The van der Waals surface area contributed by atoms with E-state index in [1.807, 2.05) is 5.48 Å². The van der Waals surface area contributed by atoms with E-state index >= 15 is 0 Å². The van der Waals surface area contributed by atoms with E-state index in [-0.39, 0.29) is 33.9 Å². The van der Waals surface area contributed by atoms with Crippen molar-refractivity contribution in [2.45, 2.75) is 0 Å². The van der Waals surface area contributed by atoms with Crippen LogP contribution in [0.1, 0.15) is 5.69 Å². The monoisotopic (exact) mass is 418 g/mol. The second-order valence-corrected chi connectivity index (χ2v) is 5.98. The van der Waals surface area contributed by atoms with Gasteiger partial charge in [0.1, 0.15) is 23.5 Å². The Morgan fingerprint density at radius 2 is 2.00 bits per heavy atom. The molecule has 9 nitrogen and oxygen atoms in total. The number of halogens is 2. The minimum absolute atomic E-state index is 0.0433. The second kappa shape index (κ2) is 9.04. The van der Waals surface area contributed by atoms with Crippen molar-refractivity contribution in [2.75, 3.05) is 12.4 Å². The molecular formula is C18H16ClFN6O3. The van der Waals surface area contributed by atoms with Gasteiger partial charge in [-0.1, -0.05) is 16.8 Å². The molecule has 0 aliphatic heterocycles. The van der Waals surface area contributed by atoms with E-state index in [1.165, 1.54) is 18.4 Å². The molecule has 150 valence electrons. The highest BCUT2D eigenvalue weighted by atomic mass is 35.5. The largest absolute Gasteiger partial charge is 0.497 e. The van der Waals surface area contributed by atoms with Crippen LogP contribution in [-0.4, -0.2) is 29.3 Å². The van der Waals surface area contributed by atoms with Gasteiger partial charge in [0, 0.05) is 5.69 Å². The van der Waals surface area contributed by atoms with Crippen molar-refractivity contribution in [3.8, 4) is 5.75 Å². The van der Waals surface area contributed by atoms with Crippen LogP contribution in [0.5, 0.6) is 5.75 Å². The maximum atomic E-state index is 13.3. The van der Waals surface area contributed by atoms with Crippen molar-refractivity contribution in [3.63, 3.8) is 0 Å². The van der Waals surface area contributed by atoms with Gasteiger partial charge < -0.3 is 20.3 Å². The summed E-state index contributed by atoms with van der Waals surface area (Å²) in [6, 6.07) is 10.8. The number of methoxy groups -OCH3 is 1. The van der Waals surface area contributed by atoms with Crippen LogP contribution < -0.4 is 21.3 Å². The summed E-state index contributed by atoms with van der Waals surface area (Å²) in [5.41, 5.74) is 9.05. The maximum Gasteiger partial charge on any atom is 0.198 e. The van der Waals surface area contributed by atoms with Crippen LogP contribution in [0.25, 0.3) is 0 Å². The summed E-state index contributed by atoms with van der Waals surface area (Å²) in [5, 5.41) is 16.0. The molecule has 3 aromatic rings. The lowest BCUT2D eigenvalue weighted by Gasteiger charge is -2.07. The molecular weight excluding hydrogens is 403 g/mol. The number of rotatable bonds is 5. The molecule has 3 rings (SSSR count). The van der Waals surface area contributed by atoms with Gasteiger partial charge in [-0.25, -0.2) is 14.4 Å². The number of aliphatic imine (C=N–C) groups is 2. The number of benzene rings is 2. The average Bonchev–Trinajstić information content (AvgIpc) is 3.17. The Kier molecular flexibility index (Phi) is 6.27. The average molecular weight is 419 g/mol. The van der Waals surface area contributed by atoms with Gasteiger partial charge >= 0.3 is 0 Å². The van der Waals surface area contributed by atoms with Crippen LogP contribution in [0.2, 0.25) is 5.02 Å². The van der Waals surface area contributed by atoms with Crippen LogP contribution in [0.3, 0.4) is 0 Å². The number of nitrogens with one attached hydrogen (secondary N) is 2. The first kappa shape index (κ1) is 20.1.